The van der Waals surface area contributed by atoms with Gasteiger partial charge in [-0.05, 0) is 25.1 Å². The number of fused-ring (bicyclic) bond motifs is 2. The molecule has 4 amide bonds. The van der Waals surface area contributed by atoms with Crippen LogP contribution in [0.1, 0.15) is 30.6 Å². The number of hydrogen-bond acceptors (Lipinski definition) is 7. The highest BCUT2D eigenvalue weighted by atomic mass is 16.2. The summed E-state index contributed by atoms with van der Waals surface area (Å²) in [5, 5.41) is 5.38. The number of nitrogens with one attached hydrogen (secondary N) is 3. The first-order valence-electron chi connectivity index (χ1n) is 12.4. The molecule has 0 aliphatic carbocycles. The number of amides is 4. The monoisotopic (exact) mass is 545 g/mol. The number of H-pyrrole nitrogens is 1. The fraction of sp³-hybridized carbons (Fsp3) is 0.250. The maximum Gasteiger partial charge on any atom is 0.293 e. The lowest BCUT2D eigenvalue weighted by Gasteiger charge is -2.25. The van der Waals surface area contributed by atoms with Gasteiger partial charge in [-0.25, -0.2) is 0 Å². The maximum atomic E-state index is 13.8. The van der Waals surface area contributed by atoms with E-state index in [1.807, 2.05) is 0 Å². The van der Waals surface area contributed by atoms with Crippen molar-refractivity contribution in [1.82, 2.24) is 15.6 Å². The quantitative estimate of drug-likeness (QED) is 0.204. The number of Topliss-reactive ketones (excluding diaryl/α,β-unsaturated/α-hetero) is 2. The lowest BCUT2D eigenvalue weighted by Crippen LogP contribution is -2.55. The van der Waals surface area contributed by atoms with E-state index in [0.717, 1.165) is 4.90 Å². The predicted molar refractivity (Wildman–Crippen MR) is 145 cm³/mol. The number of nitrogens with zero attached hydrogens (tertiary/aromatic N) is 2. The molecular weight excluding hydrogens is 518 g/mol. The number of benzene rings is 2. The summed E-state index contributed by atoms with van der Waals surface area (Å²) in [6.07, 6.45) is 1.61. The van der Waals surface area contributed by atoms with Crippen molar-refractivity contribution in [3.05, 3.63) is 60.3 Å². The zero-order chi connectivity index (χ0) is 29.0. The fourth-order valence-corrected chi connectivity index (χ4v) is 4.60. The van der Waals surface area contributed by atoms with Crippen LogP contribution in [0.3, 0.4) is 0 Å². The van der Waals surface area contributed by atoms with Crippen LogP contribution >= 0.6 is 0 Å². The zero-order valence-electron chi connectivity index (χ0n) is 21.8. The van der Waals surface area contributed by atoms with E-state index in [-0.39, 0.29) is 30.0 Å². The van der Waals surface area contributed by atoms with Gasteiger partial charge >= 0.3 is 0 Å². The van der Waals surface area contributed by atoms with E-state index in [9.17, 15) is 33.6 Å². The van der Waals surface area contributed by atoms with Crippen LogP contribution in [0.2, 0.25) is 0 Å². The summed E-state index contributed by atoms with van der Waals surface area (Å²) in [6.45, 7) is 1.69. The van der Waals surface area contributed by atoms with E-state index >= 15 is 0 Å². The molecule has 3 aromatic rings. The molecule has 0 saturated heterocycles. The minimum absolute atomic E-state index is 0.113. The third-order valence-electron chi connectivity index (χ3n) is 6.44. The van der Waals surface area contributed by atoms with Crippen molar-refractivity contribution in [3.8, 4) is 0 Å². The van der Waals surface area contributed by atoms with Gasteiger partial charge < -0.3 is 25.3 Å². The van der Waals surface area contributed by atoms with E-state index in [1.54, 1.807) is 42.5 Å². The van der Waals surface area contributed by atoms with E-state index in [4.69, 9.17) is 0 Å². The Balaban J connectivity index is 1.63. The number of carbonyl (C=O) groups is 7. The number of aromatic nitrogens is 1. The van der Waals surface area contributed by atoms with Gasteiger partial charge in [0.2, 0.25) is 11.8 Å². The Morgan fingerprint density at radius 1 is 1.02 bits per heavy atom. The van der Waals surface area contributed by atoms with Gasteiger partial charge in [0.25, 0.3) is 17.6 Å². The van der Waals surface area contributed by atoms with Gasteiger partial charge in [-0.2, -0.15) is 0 Å². The van der Waals surface area contributed by atoms with Crippen molar-refractivity contribution in [3.63, 3.8) is 0 Å². The van der Waals surface area contributed by atoms with Gasteiger partial charge in [0.05, 0.1) is 29.5 Å². The molecule has 4 rings (SSSR count). The molecule has 2 atom stereocenters. The van der Waals surface area contributed by atoms with Crippen LogP contribution in [0.5, 0.6) is 0 Å². The lowest BCUT2D eigenvalue weighted by atomic mass is 10.1. The van der Waals surface area contributed by atoms with Crippen LogP contribution in [0.15, 0.2) is 54.7 Å². The number of hydrogen-bond donors (Lipinski definition) is 3. The summed E-state index contributed by atoms with van der Waals surface area (Å²) in [6, 6.07) is 10.8. The highest BCUT2D eigenvalue weighted by Gasteiger charge is 2.38. The van der Waals surface area contributed by atoms with Crippen LogP contribution in [-0.4, -0.2) is 71.6 Å². The van der Waals surface area contributed by atoms with Gasteiger partial charge in [-0.15, -0.1) is 0 Å². The Hall–Kier alpha value is -5.13. The molecule has 0 unspecified atom stereocenters. The number of aromatic amines is 1. The maximum absolute atomic E-state index is 13.8. The number of anilines is 2. The second-order valence-corrected chi connectivity index (χ2v) is 9.36. The van der Waals surface area contributed by atoms with Crippen molar-refractivity contribution >= 4 is 63.8 Å². The van der Waals surface area contributed by atoms with E-state index < -0.39 is 48.0 Å². The molecule has 2 aromatic carbocycles. The first-order valence-corrected chi connectivity index (χ1v) is 12.4. The van der Waals surface area contributed by atoms with Crippen molar-refractivity contribution < 1.29 is 33.6 Å². The first-order chi connectivity index (χ1) is 19.1. The number of rotatable bonds is 9. The molecule has 206 valence electrons. The summed E-state index contributed by atoms with van der Waals surface area (Å²) in [5.41, 5.74) is 1.29. The molecule has 12 nitrogen and oxygen atoms in total. The number of para-hydroxylation sites is 3. The number of carbonyl (C=O) groups excluding carboxylic acids is 7. The molecule has 1 aromatic heterocycles. The van der Waals surface area contributed by atoms with Crippen LogP contribution in [0.25, 0.3) is 10.9 Å². The Bertz CT molecular complexity index is 1530. The minimum atomic E-state index is -1.38. The van der Waals surface area contributed by atoms with Gasteiger partial charge in [0.15, 0.2) is 0 Å². The Labute approximate surface area is 228 Å². The minimum Gasteiger partial charge on any atom is -0.360 e. The molecule has 0 bridgehead atoms. The molecular formula is C28H27N5O7. The molecule has 3 N–H and O–H groups in total. The highest BCUT2D eigenvalue weighted by molar-refractivity contribution is 6.45. The molecule has 0 radical (unpaired) electrons. The van der Waals surface area contributed by atoms with Crippen LogP contribution in [0.4, 0.5) is 11.4 Å². The van der Waals surface area contributed by atoms with Crippen molar-refractivity contribution in [2.45, 2.75) is 32.4 Å². The van der Waals surface area contributed by atoms with Crippen LogP contribution < -0.4 is 20.4 Å². The topological polar surface area (TPSA) is 166 Å². The average molecular weight is 546 g/mol. The second-order valence-electron chi connectivity index (χ2n) is 9.36. The summed E-state index contributed by atoms with van der Waals surface area (Å²) in [4.78, 5) is 93.4. The summed E-state index contributed by atoms with van der Waals surface area (Å²) < 4.78 is 0. The van der Waals surface area contributed by atoms with Crippen LogP contribution in [0, 0.1) is 0 Å². The van der Waals surface area contributed by atoms with E-state index in [2.05, 4.69) is 15.6 Å². The Morgan fingerprint density at radius 3 is 2.38 bits per heavy atom. The van der Waals surface area contributed by atoms with Gasteiger partial charge in [0, 0.05) is 30.4 Å². The largest absolute Gasteiger partial charge is 0.360 e. The molecule has 12 heteroatoms. The molecule has 40 heavy (non-hydrogen) atoms. The number of aldehydes is 1. The zero-order valence-corrected chi connectivity index (χ0v) is 21.8. The molecule has 0 spiro atoms. The highest BCUT2D eigenvalue weighted by Crippen LogP contribution is 2.33. The normalized spacial score (nSPS) is 15.6. The van der Waals surface area contributed by atoms with Crippen molar-refractivity contribution in [2.24, 2.45) is 0 Å². The molecule has 1 aliphatic heterocycles. The third-order valence-corrected chi connectivity index (χ3v) is 6.44. The number of ketones is 2. The fourth-order valence-electron chi connectivity index (χ4n) is 4.60. The molecule has 0 fully saturated rings. The first kappa shape index (κ1) is 27.9. The Morgan fingerprint density at radius 2 is 1.70 bits per heavy atom. The molecule has 2 heterocycles. The smallest absolute Gasteiger partial charge is 0.293 e. The van der Waals surface area contributed by atoms with Crippen molar-refractivity contribution in [1.29, 1.82) is 0 Å². The second kappa shape index (κ2) is 11.7. The standard InChI is InChI=1S/C28H27N5O7/c1-16(35)11-18(15-34)30-25(37)14-33-24-10-6-5-9-23(24)32(17(2)36)13-22(28(33)40)31-27(39)26(38)20-12-29-21-8-4-3-7-19(20)21/h3-10,12,15,18,22,29H,11,13-14H2,1-2H3,(H,30,37)(H,31,39)/t18-,22-/m0/s1. The molecule has 0 saturated carbocycles. The summed E-state index contributed by atoms with van der Waals surface area (Å²) in [7, 11) is 0. The van der Waals surface area contributed by atoms with Gasteiger partial charge in [-0.3, -0.25) is 33.7 Å². The van der Waals surface area contributed by atoms with E-state index in [0.29, 0.717) is 22.9 Å². The third kappa shape index (κ3) is 5.80. The Kier molecular flexibility index (Phi) is 8.18. The summed E-state index contributed by atoms with van der Waals surface area (Å²) in [5.74, 6) is -4.18. The summed E-state index contributed by atoms with van der Waals surface area (Å²) >= 11 is 0. The lowest BCUT2D eigenvalue weighted by molar-refractivity contribution is -0.128. The van der Waals surface area contributed by atoms with Gasteiger partial charge in [-0.1, -0.05) is 30.3 Å². The van der Waals surface area contributed by atoms with Gasteiger partial charge in [0.1, 0.15) is 24.7 Å². The van der Waals surface area contributed by atoms with Crippen LogP contribution in [-0.2, 0) is 28.8 Å². The molecule has 1 aliphatic rings. The van der Waals surface area contributed by atoms with E-state index in [1.165, 1.54) is 31.0 Å². The van der Waals surface area contributed by atoms with Crippen molar-refractivity contribution in [2.75, 3.05) is 22.9 Å². The average Bonchev–Trinajstić information content (AvgIpc) is 3.32. The SMILES string of the molecule is CC(=O)C[C@@H](C=O)NC(=O)CN1C(=O)[C@@H](NC(=O)C(=O)c2c[nH]c3ccccc23)CN(C(C)=O)c2ccccc21. The predicted octanol–water partition coefficient (Wildman–Crippen LogP) is 0.898.